The van der Waals surface area contributed by atoms with Crippen LogP contribution in [0.4, 0.5) is 0 Å². The van der Waals surface area contributed by atoms with Gasteiger partial charge in [0.15, 0.2) is 5.96 Å². The summed E-state index contributed by atoms with van der Waals surface area (Å²) in [5.41, 5.74) is 1.14. The first-order valence-electron chi connectivity index (χ1n) is 9.68. The molecule has 0 fully saturated rings. The molecule has 1 aromatic carbocycles. The minimum absolute atomic E-state index is 0. The summed E-state index contributed by atoms with van der Waals surface area (Å²) < 4.78 is 5.57. The molecule has 0 aliphatic rings. The fraction of sp³-hybridized carbons (Fsp3) is 0.619. The fourth-order valence-electron chi connectivity index (χ4n) is 2.70. The molecule has 0 heterocycles. The minimum Gasteiger partial charge on any atom is -0.379 e. The number of nitrogens with one attached hydrogen (secondary N) is 2. The zero-order chi connectivity index (χ0) is 20.3. The Morgan fingerprint density at radius 1 is 1.18 bits per heavy atom. The Balaban J connectivity index is 0.00000729. The minimum atomic E-state index is 0. The zero-order valence-corrected chi connectivity index (χ0v) is 20.4. The number of hydrogen-bond donors (Lipinski definition) is 2. The molecule has 0 aliphatic heterocycles. The van der Waals surface area contributed by atoms with E-state index < -0.39 is 0 Å². The SMILES string of the molecule is CCNC(=NCC(=O)N(CC)Cc1ccccc1)NCC(OC)C(C)(C)C.I. The van der Waals surface area contributed by atoms with E-state index in [4.69, 9.17) is 4.74 Å². The van der Waals surface area contributed by atoms with Crippen molar-refractivity contribution in [1.82, 2.24) is 15.5 Å². The lowest BCUT2D eigenvalue weighted by atomic mass is 9.89. The van der Waals surface area contributed by atoms with Crippen LogP contribution in [0.3, 0.4) is 0 Å². The number of carbonyl (C=O) groups is 1. The maximum atomic E-state index is 12.6. The van der Waals surface area contributed by atoms with E-state index in [1.807, 2.05) is 49.1 Å². The van der Waals surface area contributed by atoms with E-state index in [2.05, 4.69) is 36.4 Å². The van der Waals surface area contributed by atoms with Crippen molar-refractivity contribution in [2.45, 2.75) is 47.3 Å². The number of carbonyl (C=O) groups excluding carboxylic acids is 1. The molecular formula is C21H37IN4O2. The lowest BCUT2D eigenvalue weighted by Crippen LogP contribution is -2.45. The van der Waals surface area contributed by atoms with Gasteiger partial charge in [0.1, 0.15) is 6.54 Å². The molecule has 0 spiro atoms. The van der Waals surface area contributed by atoms with Gasteiger partial charge in [-0.25, -0.2) is 4.99 Å². The van der Waals surface area contributed by atoms with Gasteiger partial charge in [0.05, 0.1) is 6.10 Å². The maximum absolute atomic E-state index is 12.6. The Bertz CT molecular complexity index is 588. The first kappa shape index (κ1) is 26.6. The molecule has 0 aliphatic carbocycles. The lowest BCUT2D eigenvalue weighted by Gasteiger charge is -2.30. The fourth-order valence-corrected chi connectivity index (χ4v) is 2.70. The van der Waals surface area contributed by atoms with Gasteiger partial charge in [-0.05, 0) is 24.8 Å². The van der Waals surface area contributed by atoms with Crippen LogP contribution in [-0.4, -0.2) is 56.2 Å². The Hall–Kier alpha value is -1.35. The number of nitrogens with zero attached hydrogens (tertiary/aromatic N) is 2. The predicted molar refractivity (Wildman–Crippen MR) is 127 cm³/mol. The molecule has 160 valence electrons. The number of benzene rings is 1. The summed E-state index contributed by atoms with van der Waals surface area (Å²) in [5.74, 6) is 0.644. The van der Waals surface area contributed by atoms with Crippen molar-refractivity contribution < 1.29 is 9.53 Å². The van der Waals surface area contributed by atoms with Gasteiger partial charge in [0.2, 0.25) is 5.91 Å². The number of amides is 1. The summed E-state index contributed by atoms with van der Waals surface area (Å²) in [4.78, 5) is 18.9. The predicted octanol–water partition coefficient (Wildman–Crippen LogP) is 3.27. The molecule has 1 amide bonds. The second-order valence-electron chi connectivity index (χ2n) is 7.56. The number of methoxy groups -OCH3 is 1. The van der Waals surface area contributed by atoms with Gasteiger partial charge in [0.25, 0.3) is 0 Å². The molecule has 7 heteroatoms. The molecule has 28 heavy (non-hydrogen) atoms. The second kappa shape index (κ2) is 13.8. The number of halogens is 1. The third-order valence-electron chi connectivity index (χ3n) is 4.37. The molecule has 0 aromatic heterocycles. The Kier molecular flexibility index (Phi) is 13.1. The Labute approximate surface area is 187 Å². The van der Waals surface area contributed by atoms with E-state index in [1.54, 1.807) is 7.11 Å². The van der Waals surface area contributed by atoms with E-state index in [0.717, 1.165) is 12.1 Å². The van der Waals surface area contributed by atoms with Crippen LogP contribution in [0.15, 0.2) is 35.3 Å². The molecule has 6 nitrogen and oxygen atoms in total. The van der Waals surface area contributed by atoms with Crippen molar-refractivity contribution in [1.29, 1.82) is 0 Å². The summed E-state index contributed by atoms with van der Waals surface area (Å²) >= 11 is 0. The van der Waals surface area contributed by atoms with E-state index in [0.29, 0.717) is 25.6 Å². The molecule has 2 N–H and O–H groups in total. The highest BCUT2D eigenvalue weighted by atomic mass is 127. The Morgan fingerprint density at radius 2 is 1.82 bits per heavy atom. The first-order valence-corrected chi connectivity index (χ1v) is 9.68. The first-order chi connectivity index (χ1) is 12.8. The van der Waals surface area contributed by atoms with Crippen LogP contribution in [0, 0.1) is 5.41 Å². The van der Waals surface area contributed by atoms with Crippen molar-refractivity contribution in [2.24, 2.45) is 10.4 Å². The number of aliphatic imine (C=N–C) groups is 1. The van der Waals surface area contributed by atoms with Gasteiger partial charge in [-0.3, -0.25) is 4.79 Å². The number of likely N-dealkylation sites (N-methyl/N-ethyl adjacent to an activating group) is 1. The van der Waals surface area contributed by atoms with E-state index in [9.17, 15) is 4.79 Å². The summed E-state index contributed by atoms with van der Waals surface area (Å²) in [6.45, 7) is 13.1. The van der Waals surface area contributed by atoms with Gasteiger partial charge in [0, 0.05) is 33.3 Å². The Morgan fingerprint density at radius 3 is 2.32 bits per heavy atom. The van der Waals surface area contributed by atoms with Gasteiger partial charge in [-0.15, -0.1) is 24.0 Å². The maximum Gasteiger partial charge on any atom is 0.244 e. The average Bonchev–Trinajstić information content (AvgIpc) is 2.64. The van der Waals surface area contributed by atoms with Crippen molar-refractivity contribution in [3.8, 4) is 0 Å². The number of ether oxygens (including phenoxy) is 1. The molecule has 0 bridgehead atoms. The highest BCUT2D eigenvalue weighted by molar-refractivity contribution is 14.0. The van der Waals surface area contributed by atoms with Crippen molar-refractivity contribution >= 4 is 35.8 Å². The average molecular weight is 504 g/mol. The quantitative estimate of drug-likeness (QED) is 0.308. The molecule has 0 radical (unpaired) electrons. The van der Waals surface area contributed by atoms with Crippen molar-refractivity contribution in [2.75, 3.05) is 33.3 Å². The molecule has 1 atom stereocenters. The number of hydrogen-bond acceptors (Lipinski definition) is 3. The summed E-state index contributed by atoms with van der Waals surface area (Å²) in [6.07, 6.45) is 0.0438. The van der Waals surface area contributed by atoms with Crippen LogP contribution in [0.25, 0.3) is 0 Å². The molecule has 0 saturated heterocycles. The van der Waals surface area contributed by atoms with Crippen LogP contribution >= 0.6 is 24.0 Å². The molecule has 1 aromatic rings. The highest BCUT2D eigenvalue weighted by Gasteiger charge is 2.24. The number of guanidine groups is 1. The van der Waals surface area contributed by atoms with Gasteiger partial charge < -0.3 is 20.3 Å². The smallest absolute Gasteiger partial charge is 0.244 e. The van der Waals surface area contributed by atoms with Gasteiger partial charge in [-0.2, -0.15) is 0 Å². The van der Waals surface area contributed by atoms with Crippen LogP contribution in [0.5, 0.6) is 0 Å². The topological polar surface area (TPSA) is 66.0 Å². The second-order valence-corrected chi connectivity index (χ2v) is 7.56. The highest BCUT2D eigenvalue weighted by Crippen LogP contribution is 2.20. The number of rotatable bonds is 9. The van der Waals surface area contributed by atoms with E-state index >= 15 is 0 Å². The van der Waals surface area contributed by atoms with E-state index in [-0.39, 0.29) is 47.9 Å². The standard InChI is InChI=1S/C21H36N4O2.HI/c1-7-22-20(23-14-18(27-6)21(3,4)5)24-15-19(26)25(8-2)16-17-12-10-9-11-13-17;/h9-13,18H,7-8,14-16H2,1-6H3,(H2,22,23,24);1H. The van der Waals surface area contributed by atoms with Crippen LogP contribution in [0.2, 0.25) is 0 Å². The largest absolute Gasteiger partial charge is 0.379 e. The molecular weight excluding hydrogens is 467 g/mol. The third-order valence-corrected chi connectivity index (χ3v) is 4.37. The van der Waals surface area contributed by atoms with Crippen molar-refractivity contribution in [3.63, 3.8) is 0 Å². The van der Waals surface area contributed by atoms with Crippen LogP contribution in [0.1, 0.15) is 40.2 Å². The third kappa shape index (κ3) is 9.73. The van der Waals surface area contributed by atoms with E-state index in [1.165, 1.54) is 0 Å². The lowest BCUT2D eigenvalue weighted by molar-refractivity contribution is -0.130. The molecule has 1 unspecified atom stereocenters. The monoisotopic (exact) mass is 504 g/mol. The van der Waals surface area contributed by atoms with Crippen LogP contribution in [-0.2, 0) is 16.1 Å². The normalized spacial score (nSPS) is 12.7. The summed E-state index contributed by atoms with van der Waals surface area (Å²) in [5, 5.41) is 6.47. The van der Waals surface area contributed by atoms with Crippen LogP contribution < -0.4 is 10.6 Å². The zero-order valence-electron chi connectivity index (χ0n) is 18.1. The van der Waals surface area contributed by atoms with Gasteiger partial charge in [-0.1, -0.05) is 51.1 Å². The molecule has 0 saturated carbocycles. The summed E-state index contributed by atoms with van der Waals surface area (Å²) in [7, 11) is 1.72. The molecule has 1 rings (SSSR count). The summed E-state index contributed by atoms with van der Waals surface area (Å²) in [6, 6.07) is 10.0. The van der Waals surface area contributed by atoms with Crippen molar-refractivity contribution in [3.05, 3.63) is 35.9 Å². The van der Waals surface area contributed by atoms with Gasteiger partial charge >= 0.3 is 0 Å².